The van der Waals surface area contributed by atoms with Crippen LogP contribution in [0.1, 0.15) is 37.3 Å². The monoisotopic (exact) mass is 377 g/mol. The van der Waals surface area contributed by atoms with Crippen LogP contribution in [0.15, 0.2) is 29.3 Å². The van der Waals surface area contributed by atoms with Crippen LogP contribution in [-0.4, -0.2) is 68.6 Å². The molecule has 0 aromatic heterocycles. The summed E-state index contributed by atoms with van der Waals surface area (Å²) in [6.45, 7) is 3.23. The number of likely N-dealkylation sites (N-methyl/N-ethyl adjacent to an activating group) is 1. The molecule has 2 N–H and O–H groups in total. The van der Waals surface area contributed by atoms with Gasteiger partial charge in [0.25, 0.3) is 0 Å². The second kappa shape index (κ2) is 9.07. The minimum atomic E-state index is 0.266. The SMILES string of the molecule is CN=C(NCC(c1ccc(Cl)cc1)N(C)C)NC1CCN(C2CC2)CC1. The molecule has 2 aliphatic rings. The number of nitrogens with one attached hydrogen (secondary N) is 2. The Morgan fingerprint density at radius 1 is 1.19 bits per heavy atom. The molecule has 1 unspecified atom stereocenters. The van der Waals surface area contributed by atoms with Gasteiger partial charge in [-0.3, -0.25) is 4.99 Å². The molecule has 0 bridgehead atoms. The highest BCUT2D eigenvalue weighted by Crippen LogP contribution is 2.29. The maximum absolute atomic E-state index is 6.03. The average molecular weight is 378 g/mol. The Morgan fingerprint density at radius 2 is 1.85 bits per heavy atom. The van der Waals surface area contributed by atoms with Gasteiger partial charge in [0.15, 0.2) is 5.96 Å². The molecule has 26 heavy (non-hydrogen) atoms. The van der Waals surface area contributed by atoms with Crippen molar-refractivity contribution in [2.24, 2.45) is 4.99 Å². The average Bonchev–Trinajstić information content (AvgIpc) is 3.48. The van der Waals surface area contributed by atoms with Gasteiger partial charge in [0, 0.05) is 43.8 Å². The molecule has 0 radical (unpaired) electrons. The molecule has 1 aromatic rings. The molecule has 2 fully saturated rings. The van der Waals surface area contributed by atoms with Crippen LogP contribution in [0.3, 0.4) is 0 Å². The third-order valence-electron chi connectivity index (χ3n) is 5.50. The van der Waals surface area contributed by atoms with Crippen LogP contribution < -0.4 is 10.6 Å². The second-order valence-electron chi connectivity index (χ2n) is 7.67. The van der Waals surface area contributed by atoms with Crippen molar-refractivity contribution in [1.29, 1.82) is 0 Å². The number of benzene rings is 1. The summed E-state index contributed by atoms with van der Waals surface area (Å²) in [5.74, 6) is 0.899. The highest BCUT2D eigenvalue weighted by Gasteiger charge is 2.31. The van der Waals surface area contributed by atoms with Crippen molar-refractivity contribution in [3.8, 4) is 0 Å². The molecule has 1 aliphatic heterocycles. The Kier molecular flexibility index (Phi) is 6.79. The quantitative estimate of drug-likeness (QED) is 0.591. The van der Waals surface area contributed by atoms with Gasteiger partial charge in [0.1, 0.15) is 0 Å². The first-order valence-corrected chi connectivity index (χ1v) is 10.1. The standard InChI is InChI=1S/C20H32ClN5/c1-22-20(24-17-10-12-26(13-11-17)18-8-9-18)23-14-19(25(2)3)15-4-6-16(21)7-5-15/h4-7,17-19H,8-14H2,1-3H3,(H2,22,23,24). The summed E-state index contributed by atoms with van der Waals surface area (Å²) in [6, 6.07) is 9.76. The highest BCUT2D eigenvalue weighted by atomic mass is 35.5. The van der Waals surface area contributed by atoms with E-state index in [1.54, 1.807) is 0 Å². The lowest BCUT2D eigenvalue weighted by Gasteiger charge is -2.33. The van der Waals surface area contributed by atoms with Crippen molar-refractivity contribution >= 4 is 17.6 Å². The molecule has 0 amide bonds. The Hall–Kier alpha value is -1.30. The molecular weight excluding hydrogens is 346 g/mol. The zero-order valence-corrected chi connectivity index (χ0v) is 17.0. The number of nitrogens with zero attached hydrogens (tertiary/aromatic N) is 3. The zero-order valence-electron chi connectivity index (χ0n) is 16.2. The molecule has 5 nitrogen and oxygen atoms in total. The number of piperidine rings is 1. The summed E-state index contributed by atoms with van der Waals surface area (Å²) in [5, 5.41) is 7.89. The van der Waals surface area contributed by atoms with Crippen molar-refractivity contribution in [3.63, 3.8) is 0 Å². The Balaban J connectivity index is 1.49. The summed E-state index contributed by atoms with van der Waals surface area (Å²) in [7, 11) is 6.05. The summed E-state index contributed by atoms with van der Waals surface area (Å²) in [6.07, 6.45) is 5.20. The van der Waals surface area contributed by atoms with E-state index in [-0.39, 0.29) is 6.04 Å². The minimum absolute atomic E-state index is 0.266. The van der Waals surface area contributed by atoms with Gasteiger partial charge in [-0.05, 0) is 57.5 Å². The lowest BCUT2D eigenvalue weighted by atomic mass is 10.0. The first kappa shape index (κ1) is 19.5. The van der Waals surface area contributed by atoms with Gasteiger partial charge in [-0.25, -0.2) is 0 Å². The number of hydrogen-bond donors (Lipinski definition) is 2. The van der Waals surface area contributed by atoms with Crippen LogP contribution in [0.4, 0.5) is 0 Å². The van der Waals surface area contributed by atoms with Crippen molar-refractivity contribution in [1.82, 2.24) is 20.4 Å². The maximum atomic E-state index is 6.03. The molecule has 6 heteroatoms. The van der Waals surface area contributed by atoms with E-state index < -0.39 is 0 Å². The third-order valence-corrected chi connectivity index (χ3v) is 5.75. The van der Waals surface area contributed by atoms with Crippen LogP contribution in [0, 0.1) is 0 Å². The number of aliphatic imine (C=N–C) groups is 1. The molecule has 1 heterocycles. The van der Waals surface area contributed by atoms with Crippen LogP contribution in [0.2, 0.25) is 5.02 Å². The van der Waals surface area contributed by atoms with E-state index in [9.17, 15) is 0 Å². The number of hydrogen-bond acceptors (Lipinski definition) is 3. The first-order valence-electron chi connectivity index (χ1n) is 9.70. The fourth-order valence-electron chi connectivity index (χ4n) is 3.71. The normalized spacial score (nSPS) is 21.0. The molecule has 144 valence electrons. The van der Waals surface area contributed by atoms with Gasteiger partial charge < -0.3 is 20.4 Å². The van der Waals surface area contributed by atoms with E-state index in [0.29, 0.717) is 6.04 Å². The van der Waals surface area contributed by atoms with E-state index in [0.717, 1.165) is 23.6 Å². The minimum Gasteiger partial charge on any atom is -0.354 e. The smallest absolute Gasteiger partial charge is 0.191 e. The highest BCUT2D eigenvalue weighted by molar-refractivity contribution is 6.30. The lowest BCUT2D eigenvalue weighted by Crippen LogP contribution is -2.50. The van der Waals surface area contributed by atoms with E-state index >= 15 is 0 Å². The van der Waals surface area contributed by atoms with Crippen molar-refractivity contribution in [2.45, 2.75) is 43.8 Å². The topological polar surface area (TPSA) is 42.9 Å². The number of guanidine groups is 1. The van der Waals surface area contributed by atoms with Gasteiger partial charge in [-0.15, -0.1) is 0 Å². The van der Waals surface area contributed by atoms with Gasteiger partial charge in [-0.2, -0.15) is 0 Å². The van der Waals surface area contributed by atoms with Gasteiger partial charge >= 0.3 is 0 Å². The molecule has 1 saturated carbocycles. The summed E-state index contributed by atoms with van der Waals surface area (Å²) in [4.78, 5) is 9.30. The Morgan fingerprint density at radius 3 is 2.38 bits per heavy atom. The summed E-state index contributed by atoms with van der Waals surface area (Å²) in [5.41, 5.74) is 1.25. The largest absolute Gasteiger partial charge is 0.354 e. The molecule has 3 rings (SSSR count). The molecule has 1 saturated heterocycles. The lowest BCUT2D eigenvalue weighted by molar-refractivity contribution is 0.197. The molecule has 1 aromatic carbocycles. The maximum Gasteiger partial charge on any atom is 0.191 e. The molecule has 1 atom stereocenters. The summed E-state index contributed by atoms with van der Waals surface area (Å²) < 4.78 is 0. The van der Waals surface area contributed by atoms with Crippen LogP contribution in [-0.2, 0) is 0 Å². The van der Waals surface area contributed by atoms with Crippen LogP contribution in [0.5, 0.6) is 0 Å². The fraction of sp³-hybridized carbons (Fsp3) is 0.650. The molecular formula is C20H32ClN5. The molecule has 0 spiro atoms. The Labute approximate surface area is 162 Å². The van der Waals surface area contributed by atoms with Crippen molar-refractivity contribution in [2.75, 3.05) is 40.8 Å². The van der Waals surface area contributed by atoms with Crippen molar-refractivity contribution in [3.05, 3.63) is 34.9 Å². The van der Waals surface area contributed by atoms with Gasteiger partial charge in [0.05, 0.1) is 6.04 Å². The fourth-order valence-corrected chi connectivity index (χ4v) is 3.84. The third kappa shape index (κ3) is 5.35. The van der Waals surface area contributed by atoms with Crippen molar-refractivity contribution < 1.29 is 0 Å². The zero-order chi connectivity index (χ0) is 18.5. The van der Waals surface area contributed by atoms with Gasteiger partial charge in [0.2, 0.25) is 0 Å². The van der Waals surface area contributed by atoms with Gasteiger partial charge in [-0.1, -0.05) is 23.7 Å². The second-order valence-corrected chi connectivity index (χ2v) is 8.11. The predicted molar refractivity (Wildman–Crippen MR) is 110 cm³/mol. The number of halogens is 1. The first-order chi connectivity index (χ1) is 12.6. The predicted octanol–water partition coefficient (Wildman–Crippen LogP) is 2.73. The summed E-state index contributed by atoms with van der Waals surface area (Å²) >= 11 is 6.03. The van der Waals surface area contributed by atoms with E-state index in [2.05, 4.69) is 51.7 Å². The number of likely N-dealkylation sites (tertiary alicyclic amines) is 1. The van der Waals surface area contributed by atoms with E-state index in [1.165, 1.54) is 44.3 Å². The van der Waals surface area contributed by atoms with E-state index in [1.807, 2.05) is 19.2 Å². The van der Waals surface area contributed by atoms with E-state index in [4.69, 9.17) is 11.6 Å². The van der Waals surface area contributed by atoms with Crippen LogP contribution in [0.25, 0.3) is 0 Å². The molecule has 1 aliphatic carbocycles. The number of rotatable bonds is 6. The Bertz CT molecular complexity index is 589. The van der Waals surface area contributed by atoms with Crippen LogP contribution >= 0.6 is 11.6 Å².